The number of carbonyl (C=O) groups excluding carboxylic acids is 1. The van der Waals surface area contributed by atoms with Gasteiger partial charge in [0.15, 0.2) is 0 Å². The van der Waals surface area contributed by atoms with Gasteiger partial charge in [-0.3, -0.25) is 9.59 Å². The van der Waals surface area contributed by atoms with E-state index in [-0.39, 0.29) is 5.69 Å². The van der Waals surface area contributed by atoms with Crippen molar-refractivity contribution < 1.29 is 19.1 Å². The average molecular weight is 265 g/mol. The van der Waals surface area contributed by atoms with Crippen molar-refractivity contribution in [2.24, 2.45) is 11.8 Å². The third kappa shape index (κ3) is 3.10. The monoisotopic (exact) mass is 265 g/mol. The summed E-state index contributed by atoms with van der Waals surface area (Å²) < 4.78 is 13.4. The van der Waals surface area contributed by atoms with Crippen LogP contribution in [0.25, 0.3) is 0 Å². The van der Waals surface area contributed by atoms with Crippen LogP contribution in [-0.4, -0.2) is 17.0 Å². The van der Waals surface area contributed by atoms with Gasteiger partial charge in [0, 0.05) is 0 Å². The third-order valence-corrected chi connectivity index (χ3v) is 3.55. The van der Waals surface area contributed by atoms with E-state index in [4.69, 9.17) is 5.11 Å². The molecule has 2 atom stereocenters. The van der Waals surface area contributed by atoms with E-state index in [1.165, 1.54) is 18.2 Å². The molecule has 0 spiro atoms. The number of carboxylic acid groups (broad SMARTS) is 1. The number of para-hydroxylation sites is 1. The maximum atomic E-state index is 13.4. The van der Waals surface area contributed by atoms with Crippen molar-refractivity contribution in [1.82, 2.24) is 0 Å². The number of anilines is 1. The van der Waals surface area contributed by atoms with E-state index in [0.29, 0.717) is 12.8 Å². The highest BCUT2D eigenvalue weighted by Crippen LogP contribution is 2.31. The summed E-state index contributed by atoms with van der Waals surface area (Å²) in [6.07, 6.45) is 2.70. The third-order valence-electron chi connectivity index (χ3n) is 3.55. The topological polar surface area (TPSA) is 66.4 Å². The smallest absolute Gasteiger partial charge is 0.307 e. The van der Waals surface area contributed by atoms with Gasteiger partial charge in [0.05, 0.1) is 17.5 Å². The van der Waals surface area contributed by atoms with Gasteiger partial charge in [0.2, 0.25) is 5.91 Å². The minimum Gasteiger partial charge on any atom is -0.481 e. The van der Waals surface area contributed by atoms with Crippen molar-refractivity contribution in [1.29, 1.82) is 0 Å². The van der Waals surface area contributed by atoms with E-state index in [0.717, 1.165) is 12.8 Å². The molecule has 5 heteroatoms. The fraction of sp³-hybridized carbons (Fsp3) is 0.429. The van der Waals surface area contributed by atoms with Gasteiger partial charge in [0.25, 0.3) is 0 Å². The van der Waals surface area contributed by atoms with E-state index >= 15 is 0 Å². The lowest BCUT2D eigenvalue weighted by atomic mass is 9.78. The van der Waals surface area contributed by atoms with Crippen LogP contribution in [0.3, 0.4) is 0 Å². The lowest BCUT2D eigenvalue weighted by Crippen LogP contribution is -2.36. The van der Waals surface area contributed by atoms with E-state index in [9.17, 15) is 14.0 Å². The van der Waals surface area contributed by atoms with Crippen LogP contribution >= 0.6 is 0 Å². The second-order valence-corrected chi connectivity index (χ2v) is 4.80. The van der Waals surface area contributed by atoms with Crippen LogP contribution in [0, 0.1) is 17.7 Å². The fourth-order valence-corrected chi connectivity index (χ4v) is 2.53. The summed E-state index contributed by atoms with van der Waals surface area (Å²) in [6.45, 7) is 0. The number of hydrogen-bond donors (Lipinski definition) is 2. The summed E-state index contributed by atoms with van der Waals surface area (Å²) in [5, 5.41) is 11.6. The number of rotatable bonds is 3. The first-order chi connectivity index (χ1) is 9.09. The van der Waals surface area contributed by atoms with Gasteiger partial charge >= 0.3 is 5.97 Å². The van der Waals surface area contributed by atoms with Crippen LogP contribution in [-0.2, 0) is 9.59 Å². The van der Waals surface area contributed by atoms with Gasteiger partial charge in [-0.1, -0.05) is 25.0 Å². The summed E-state index contributed by atoms with van der Waals surface area (Å²) in [7, 11) is 0. The lowest BCUT2D eigenvalue weighted by molar-refractivity contribution is -0.147. The molecular weight excluding hydrogens is 249 g/mol. The number of nitrogens with one attached hydrogen (secondary N) is 1. The standard InChI is InChI=1S/C14H16FNO3/c15-11-7-3-4-8-12(11)16-13(17)9-5-1-2-6-10(9)14(18)19/h3-4,7-10H,1-2,5-6H2,(H,16,17)(H,18,19)/t9-,10-/m1/s1. The molecular formula is C14H16FNO3. The van der Waals surface area contributed by atoms with E-state index in [1.54, 1.807) is 6.07 Å². The minimum atomic E-state index is -0.951. The quantitative estimate of drug-likeness (QED) is 0.883. The van der Waals surface area contributed by atoms with Crippen LogP contribution in [0.1, 0.15) is 25.7 Å². The largest absolute Gasteiger partial charge is 0.481 e. The molecule has 0 radical (unpaired) electrons. The first-order valence-electron chi connectivity index (χ1n) is 6.38. The molecule has 1 aromatic rings. The second kappa shape index (κ2) is 5.82. The zero-order chi connectivity index (χ0) is 13.8. The molecule has 1 aliphatic carbocycles. The molecule has 0 aromatic heterocycles. The number of carboxylic acids is 1. The molecule has 0 heterocycles. The fourth-order valence-electron chi connectivity index (χ4n) is 2.53. The molecule has 1 saturated carbocycles. The Bertz CT molecular complexity index is 489. The van der Waals surface area contributed by atoms with Crippen LogP contribution in [0.15, 0.2) is 24.3 Å². The predicted molar refractivity (Wildman–Crippen MR) is 68.1 cm³/mol. The minimum absolute atomic E-state index is 0.0993. The maximum Gasteiger partial charge on any atom is 0.307 e. The van der Waals surface area contributed by atoms with E-state index < -0.39 is 29.5 Å². The summed E-state index contributed by atoms with van der Waals surface area (Å²) in [4.78, 5) is 23.2. The molecule has 102 valence electrons. The highest BCUT2D eigenvalue weighted by atomic mass is 19.1. The van der Waals surface area contributed by atoms with Crippen molar-refractivity contribution >= 4 is 17.6 Å². The number of amides is 1. The van der Waals surface area contributed by atoms with Crippen molar-refractivity contribution in [3.05, 3.63) is 30.1 Å². The van der Waals surface area contributed by atoms with Crippen molar-refractivity contribution in [3.63, 3.8) is 0 Å². The zero-order valence-corrected chi connectivity index (χ0v) is 10.4. The summed E-state index contributed by atoms with van der Waals surface area (Å²) in [5.41, 5.74) is 0.0993. The predicted octanol–water partition coefficient (Wildman–Crippen LogP) is 2.66. The Morgan fingerprint density at radius 3 is 2.42 bits per heavy atom. The van der Waals surface area contributed by atoms with Crippen LogP contribution in [0.2, 0.25) is 0 Å². The molecule has 0 unspecified atom stereocenters. The molecule has 1 aliphatic rings. The molecule has 1 fully saturated rings. The summed E-state index contributed by atoms with van der Waals surface area (Å²) >= 11 is 0. The normalized spacial score (nSPS) is 22.8. The van der Waals surface area contributed by atoms with Gasteiger partial charge in [-0.25, -0.2) is 4.39 Å². The van der Waals surface area contributed by atoms with Crippen LogP contribution in [0.5, 0.6) is 0 Å². The number of carbonyl (C=O) groups is 2. The van der Waals surface area contributed by atoms with Gasteiger partial charge in [-0.05, 0) is 25.0 Å². The molecule has 19 heavy (non-hydrogen) atoms. The molecule has 0 aliphatic heterocycles. The summed E-state index contributed by atoms with van der Waals surface area (Å²) in [6, 6.07) is 5.87. The molecule has 1 aromatic carbocycles. The van der Waals surface area contributed by atoms with Gasteiger partial charge in [-0.15, -0.1) is 0 Å². The first-order valence-corrected chi connectivity index (χ1v) is 6.38. The van der Waals surface area contributed by atoms with E-state index in [2.05, 4.69) is 5.32 Å². The Hall–Kier alpha value is -1.91. The molecule has 4 nitrogen and oxygen atoms in total. The maximum absolute atomic E-state index is 13.4. The number of halogens is 1. The lowest BCUT2D eigenvalue weighted by Gasteiger charge is -2.27. The van der Waals surface area contributed by atoms with Crippen molar-refractivity contribution in [2.75, 3.05) is 5.32 Å². The molecule has 0 saturated heterocycles. The van der Waals surface area contributed by atoms with Crippen LogP contribution < -0.4 is 5.32 Å². The SMILES string of the molecule is O=C(O)[C@@H]1CCCC[C@H]1C(=O)Nc1ccccc1F. The Balaban J connectivity index is 2.10. The van der Waals surface area contributed by atoms with Crippen molar-refractivity contribution in [2.45, 2.75) is 25.7 Å². The van der Waals surface area contributed by atoms with Crippen molar-refractivity contribution in [3.8, 4) is 0 Å². The van der Waals surface area contributed by atoms with E-state index in [1.807, 2.05) is 0 Å². The second-order valence-electron chi connectivity index (χ2n) is 4.80. The molecule has 0 bridgehead atoms. The molecule has 1 amide bonds. The van der Waals surface area contributed by atoms with Crippen LogP contribution in [0.4, 0.5) is 10.1 Å². The zero-order valence-electron chi connectivity index (χ0n) is 10.4. The Kier molecular flexibility index (Phi) is 4.14. The highest BCUT2D eigenvalue weighted by molar-refractivity contribution is 5.95. The molecule has 2 rings (SSSR count). The van der Waals surface area contributed by atoms with Gasteiger partial charge in [-0.2, -0.15) is 0 Å². The Morgan fingerprint density at radius 2 is 1.79 bits per heavy atom. The highest BCUT2D eigenvalue weighted by Gasteiger charge is 2.35. The Labute approximate surface area is 110 Å². The van der Waals surface area contributed by atoms with Gasteiger partial charge in [0.1, 0.15) is 5.82 Å². The number of hydrogen-bond acceptors (Lipinski definition) is 2. The first kappa shape index (κ1) is 13.5. The average Bonchev–Trinajstić information content (AvgIpc) is 2.41. The summed E-state index contributed by atoms with van der Waals surface area (Å²) in [5.74, 6) is -3.12. The molecule has 2 N–H and O–H groups in total. The number of benzene rings is 1. The Morgan fingerprint density at radius 1 is 1.16 bits per heavy atom. The van der Waals surface area contributed by atoms with Gasteiger partial charge < -0.3 is 10.4 Å². The number of aliphatic carboxylic acids is 1.